The number of nitro groups is 1. The van der Waals surface area contributed by atoms with Gasteiger partial charge in [0.2, 0.25) is 5.95 Å². The third-order valence-electron chi connectivity index (χ3n) is 7.07. The Morgan fingerprint density at radius 1 is 1.15 bits per heavy atom. The Hall–Kier alpha value is -3.84. The fourth-order valence-electron chi connectivity index (χ4n) is 4.73. The molecular weight excluding hydrogens is 567 g/mol. The van der Waals surface area contributed by atoms with E-state index in [0.29, 0.717) is 47.1 Å². The van der Waals surface area contributed by atoms with Crippen LogP contribution in [-0.4, -0.2) is 98.6 Å². The second kappa shape index (κ2) is 12.8. The fourth-order valence-corrected chi connectivity index (χ4v) is 5.23. The number of anilines is 2. The molecule has 0 amide bonds. The van der Waals surface area contributed by atoms with Gasteiger partial charge in [-0.25, -0.2) is 19.9 Å². The minimum absolute atomic E-state index is 0.0543. The molecule has 41 heavy (non-hydrogen) atoms. The van der Waals surface area contributed by atoms with Crippen molar-refractivity contribution in [2.45, 2.75) is 6.04 Å². The van der Waals surface area contributed by atoms with E-state index in [1.165, 1.54) is 12.3 Å². The highest BCUT2D eigenvalue weighted by molar-refractivity contribution is 6.36. The van der Waals surface area contributed by atoms with Crippen LogP contribution in [0.1, 0.15) is 0 Å². The molecule has 1 aliphatic heterocycles. The molecule has 1 atom stereocenters. The van der Waals surface area contributed by atoms with Crippen LogP contribution in [0.2, 0.25) is 10.0 Å². The van der Waals surface area contributed by atoms with Crippen molar-refractivity contribution in [1.29, 1.82) is 0 Å². The average Bonchev–Trinajstić information content (AvgIpc) is 3.49. The largest absolute Gasteiger partial charge is 0.368 e. The van der Waals surface area contributed by atoms with E-state index in [4.69, 9.17) is 33.2 Å². The van der Waals surface area contributed by atoms with E-state index in [-0.39, 0.29) is 11.7 Å². The summed E-state index contributed by atoms with van der Waals surface area (Å²) in [7, 11) is 4.26. The molecule has 0 bridgehead atoms. The first-order valence-corrected chi connectivity index (χ1v) is 13.8. The normalized spacial score (nSPS) is 16.0. The predicted octanol–water partition coefficient (Wildman–Crippen LogP) is 4.10. The summed E-state index contributed by atoms with van der Waals surface area (Å²) in [5.74, 6) is 1.10. The van der Waals surface area contributed by atoms with Crippen LogP contribution < -0.4 is 10.2 Å². The summed E-state index contributed by atoms with van der Waals surface area (Å²) in [5, 5.41) is 15.3. The minimum Gasteiger partial charge on any atom is -0.368 e. The van der Waals surface area contributed by atoms with E-state index in [1.54, 1.807) is 36.9 Å². The van der Waals surface area contributed by atoms with Gasteiger partial charge in [0.15, 0.2) is 0 Å². The van der Waals surface area contributed by atoms with E-state index < -0.39 is 4.92 Å². The molecule has 12 nitrogen and oxygen atoms in total. The number of hydrogen-bond donors (Lipinski definition) is 1. The standard InChI is InChI=1S/C27H30Cl2N10O2/c1-35-11-12-36(2)21(16-35)17-37(10-8-31-25-6-4-20(14-32-25)39(40)41)27-33-15-24(38-9-7-30-18-38)26(34-27)22-5-3-19(28)13-23(22)29/h3-7,9,13-15,18,21H,8,10-12,16-17H2,1-2H3,(H,31,32). The first-order valence-electron chi connectivity index (χ1n) is 13.1. The molecular formula is C27H30Cl2N10O2. The number of piperazine rings is 1. The van der Waals surface area contributed by atoms with Gasteiger partial charge in [-0.1, -0.05) is 23.2 Å². The molecule has 5 rings (SSSR count). The summed E-state index contributed by atoms with van der Waals surface area (Å²) < 4.78 is 1.85. The molecule has 1 fully saturated rings. The second-order valence-corrected chi connectivity index (χ2v) is 10.8. The third-order valence-corrected chi connectivity index (χ3v) is 7.61. The number of pyridine rings is 1. The molecule has 3 aromatic heterocycles. The van der Waals surface area contributed by atoms with Gasteiger partial charge in [-0.05, 0) is 38.4 Å². The van der Waals surface area contributed by atoms with Gasteiger partial charge in [-0.2, -0.15) is 0 Å². The summed E-state index contributed by atoms with van der Waals surface area (Å²) in [5.41, 5.74) is 2.06. The van der Waals surface area contributed by atoms with Gasteiger partial charge in [0.25, 0.3) is 5.69 Å². The minimum atomic E-state index is -0.467. The number of likely N-dealkylation sites (N-methyl/N-ethyl adjacent to an activating group) is 2. The van der Waals surface area contributed by atoms with Crippen LogP contribution in [0.25, 0.3) is 16.9 Å². The highest BCUT2D eigenvalue weighted by Gasteiger charge is 2.26. The molecule has 1 unspecified atom stereocenters. The summed E-state index contributed by atoms with van der Waals surface area (Å²) in [6.45, 7) is 4.65. The second-order valence-electron chi connectivity index (χ2n) is 9.93. The maximum atomic E-state index is 11.0. The SMILES string of the molecule is CN1CCN(C)C(CN(CCNc2ccc([N+](=O)[O-])cn2)c2ncc(-n3ccnc3)c(-c3ccc(Cl)cc3Cl)n2)C1. The quantitative estimate of drug-likeness (QED) is 0.211. The predicted molar refractivity (Wildman–Crippen MR) is 160 cm³/mol. The molecule has 1 aliphatic rings. The van der Waals surface area contributed by atoms with Gasteiger partial charge in [-0.3, -0.25) is 15.0 Å². The molecule has 0 aliphatic carbocycles. The molecule has 4 heterocycles. The number of nitrogens with zero attached hydrogens (tertiary/aromatic N) is 9. The zero-order valence-electron chi connectivity index (χ0n) is 22.7. The summed E-state index contributed by atoms with van der Waals surface area (Å²) in [6, 6.07) is 8.62. The van der Waals surface area contributed by atoms with Gasteiger partial charge in [-0.15, -0.1) is 0 Å². The lowest BCUT2D eigenvalue weighted by Crippen LogP contribution is -2.55. The molecule has 14 heteroatoms. The van der Waals surface area contributed by atoms with Crippen molar-refractivity contribution in [1.82, 2.24) is 34.3 Å². The van der Waals surface area contributed by atoms with Gasteiger partial charge in [0.1, 0.15) is 17.7 Å². The van der Waals surface area contributed by atoms with E-state index in [9.17, 15) is 10.1 Å². The maximum Gasteiger partial charge on any atom is 0.287 e. The Bertz CT molecular complexity index is 1490. The molecule has 214 valence electrons. The van der Waals surface area contributed by atoms with Crippen LogP contribution in [0, 0.1) is 10.1 Å². The zero-order valence-corrected chi connectivity index (χ0v) is 24.2. The smallest absolute Gasteiger partial charge is 0.287 e. The maximum absolute atomic E-state index is 11.0. The Morgan fingerprint density at radius 2 is 2.00 bits per heavy atom. The molecule has 1 saturated heterocycles. The molecule has 4 aromatic rings. The number of benzene rings is 1. The molecule has 0 radical (unpaired) electrons. The van der Waals surface area contributed by atoms with Gasteiger partial charge >= 0.3 is 0 Å². The zero-order chi connectivity index (χ0) is 28.9. The average molecular weight is 598 g/mol. The fraction of sp³-hybridized carbons (Fsp3) is 0.333. The number of imidazole rings is 1. The van der Waals surface area contributed by atoms with Gasteiger partial charge in [0.05, 0.1) is 28.2 Å². The van der Waals surface area contributed by atoms with Crippen molar-refractivity contribution in [3.63, 3.8) is 0 Å². The van der Waals surface area contributed by atoms with Crippen LogP contribution in [-0.2, 0) is 0 Å². The summed E-state index contributed by atoms with van der Waals surface area (Å²) in [4.78, 5) is 35.5. The first-order chi connectivity index (χ1) is 19.8. The summed E-state index contributed by atoms with van der Waals surface area (Å²) in [6.07, 6.45) is 8.24. The van der Waals surface area contributed by atoms with Crippen molar-refractivity contribution >= 4 is 40.7 Å². The number of nitrogens with one attached hydrogen (secondary N) is 1. The lowest BCUT2D eigenvalue weighted by atomic mass is 10.1. The van der Waals surface area contributed by atoms with Gasteiger partial charge in [0, 0.05) is 74.4 Å². The van der Waals surface area contributed by atoms with Crippen LogP contribution in [0.15, 0.2) is 61.4 Å². The van der Waals surface area contributed by atoms with Crippen LogP contribution >= 0.6 is 23.2 Å². The molecule has 0 spiro atoms. The Kier molecular flexibility index (Phi) is 8.93. The number of hydrogen-bond acceptors (Lipinski definition) is 10. The number of halogens is 2. The number of rotatable bonds is 10. The monoisotopic (exact) mass is 596 g/mol. The third kappa shape index (κ3) is 6.91. The van der Waals surface area contributed by atoms with E-state index in [1.807, 2.05) is 16.8 Å². The Labute approximate surface area is 247 Å². The number of aromatic nitrogens is 5. The Morgan fingerprint density at radius 3 is 2.71 bits per heavy atom. The topological polar surface area (TPSA) is 121 Å². The Balaban J connectivity index is 1.46. The van der Waals surface area contributed by atoms with Crippen molar-refractivity contribution in [2.75, 3.05) is 63.6 Å². The van der Waals surface area contributed by atoms with Gasteiger partial charge < -0.3 is 19.7 Å². The van der Waals surface area contributed by atoms with E-state index in [2.05, 4.69) is 44.1 Å². The van der Waals surface area contributed by atoms with Crippen LogP contribution in [0.3, 0.4) is 0 Å². The van der Waals surface area contributed by atoms with Crippen LogP contribution in [0.5, 0.6) is 0 Å². The van der Waals surface area contributed by atoms with Crippen molar-refractivity contribution in [3.05, 3.63) is 81.6 Å². The highest BCUT2D eigenvalue weighted by Crippen LogP contribution is 2.33. The first kappa shape index (κ1) is 28.7. The molecule has 1 N–H and O–H groups in total. The van der Waals surface area contributed by atoms with Crippen molar-refractivity contribution in [3.8, 4) is 16.9 Å². The molecule has 0 saturated carbocycles. The summed E-state index contributed by atoms with van der Waals surface area (Å²) >= 11 is 12.8. The lowest BCUT2D eigenvalue weighted by molar-refractivity contribution is -0.385. The molecule has 1 aromatic carbocycles. The van der Waals surface area contributed by atoms with Crippen molar-refractivity contribution in [2.24, 2.45) is 0 Å². The lowest BCUT2D eigenvalue weighted by Gasteiger charge is -2.40. The van der Waals surface area contributed by atoms with Crippen LogP contribution in [0.4, 0.5) is 17.5 Å². The van der Waals surface area contributed by atoms with E-state index in [0.717, 1.165) is 30.9 Å². The van der Waals surface area contributed by atoms with Crippen molar-refractivity contribution < 1.29 is 4.92 Å². The highest BCUT2D eigenvalue weighted by atomic mass is 35.5. The van der Waals surface area contributed by atoms with E-state index >= 15 is 0 Å².